The minimum Gasteiger partial charge on any atom is -0.489 e. The van der Waals surface area contributed by atoms with E-state index in [0.717, 1.165) is 17.0 Å². The summed E-state index contributed by atoms with van der Waals surface area (Å²) >= 11 is 0. The second-order valence-electron chi connectivity index (χ2n) is 7.52. The Labute approximate surface area is 172 Å². The number of carbonyl (C=O) groups is 1. The molecule has 1 fully saturated rings. The smallest absolute Gasteiger partial charge is 0.241 e. The lowest BCUT2D eigenvalue weighted by atomic mass is 10.0. The van der Waals surface area contributed by atoms with Gasteiger partial charge in [0.25, 0.3) is 0 Å². The molecule has 152 valence electrons. The largest absolute Gasteiger partial charge is 0.489 e. The van der Waals surface area contributed by atoms with Crippen molar-refractivity contribution >= 4 is 24.0 Å². The fourth-order valence-corrected chi connectivity index (χ4v) is 3.24. The first kappa shape index (κ1) is 22.2. The Morgan fingerprint density at radius 3 is 2.57 bits per heavy atom. The molecular formula is C22H29ClN2O3. The number of halogens is 1. The van der Waals surface area contributed by atoms with Gasteiger partial charge in [0, 0.05) is 12.2 Å². The Morgan fingerprint density at radius 1 is 1.25 bits per heavy atom. The Morgan fingerprint density at radius 2 is 1.96 bits per heavy atom. The second-order valence-corrected chi connectivity index (χ2v) is 7.52. The average Bonchev–Trinajstić information content (AvgIpc) is 3.07. The summed E-state index contributed by atoms with van der Waals surface area (Å²) < 4.78 is 6.05. The van der Waals surface area contributed by atoms with E-state index < -0.39 is 6.10 Å². The van der Waals surface area contributed by atoms with Gasteiger partial charge in [-0.3, -0.25) is 4.79 Å². The summed E-state index contributed by atoms with van der Waals surface area (Å²) in [6.45, 7) is 7.33. The number of amides is 1. The second kappa shape index (κ2) is 9.92. The standard InChI is InChI=1S/C22H28N2O3.ClH/c1-14(2)19-9-4-15(3)10-21(19)27-13-16-5-7-17(8-6-16)24-22(26)20-11-18(25)12-23-20;/h4-10,14,18,20,23,25H,11-13H2,1-3H3,(H,24,26);1H. The molecule has 6 heteroatoms. The summed E-state index contributed by atoms with van der Waals surface area (Å²) in [5.74, 6) is 1.21. The molecule has 0 aromatic heterocycles. The highest BCUT2D eigenvalue weighted by Gasteiger charge is 2.27. The highest BCUT2D eigenvalue weighted by atomic mass is 35.5. The summed E-state index contributed by atoms with van der Waals surface area (Å²) in [6.07, 6.45) is 0.00419. The first-order chi connectivity index (χ1) is 12.9. The van der Waals surface area contributed by atoms with Crippen LogP contribution in [0.2, 0.25) is 0 Å². The molecule has 28 heavy (non-hydrogen) atoms. The molecular weight excluding hydrogens is 376 g/mol. The highest BCUT2D eigenvalue weighted by molar-refractivity contribution is 5.95. The number of aliphatic hydroxyl groups excluding tert-OH is 1. The van der Waals surface area contributed by atoms with Gasteiger partial charge in [-0.2, -0.15) is 0 Å². The van der Waals surface area contributed by atoms with Crippen LogP contribution in [-0.2, 0) is 11.4 Å². The molecule has 0 radical (unpaired) electrons. The Hall–Kier alpha value is -2.08. The normalized spacial score (nSPS) is 18.6. The summed E-state index contributed by atoms with van der Waals surface area (Å²) in [5.41, 5.74) is 4.16. The van der Waals surface area contributed by atoms with E-state index >= 15 is 0 Å². The fraction of sp³-hybridized carbons (Fsp3) is 0.409. The zero-order valence-electron chi connectivity index (χ0n) is 16.6. The van der Waals surface area contributed by atoms with Crippen LogP contribution in [-0.4, -0.2) is 29.7 Å². The van der Waals surface area contributed by atoms with Gasteiger partial charge in [0.15, 0.2) is 0 Å². The molecule has 0 spiro atoms. The van der Waals surface area contributed by atoms with Crippen molar-refractivity contribution in [3.63, 3.8) is 0 Å². The Kier molecular flexibility index (Phi) is 7.87. The maximum absolute atomic E-state index is 12.2. The Balaban J connectivity index is 0.00000280. The molecule has 0 saturated carbocycles. The van der Waals surface area contributed by atoms with Gasteiger partial charge < -0.3 is 20.5 Å². The minimum absolute atomic E-state index is 0. The third-order valence-electron chi connectivity index (χ3n) is 4.83. The predicted octanol–water partition coefficient (Wildman–Crippen LogP) is 3.78. The van der Waals surface area contributed by atoms with Crippen LogP contribution in [0, 0.1) is 6.92 Å². The van der Waals surface area contributed by atoms with E-state index in [2.05, 4.69) is 49.6 Å². The number of rotatable bonds is 6. The first-order valence-corrected chi connectivity index (χ1v) is 9.47. The van der Waals surface area contributed by atoms with Crippen molar-refractivity contribution in [2.24, 2.45) is 0 Å². The van der Waals surface area contributed by atoms with Crippen molar-refractivity contribution in [2.75, 3.05) is 11.9 Å². The molecule has 2 unspecified atom stereocenters. The lowest BCUT2D eigenvalue weighted by molar-refractivity contribution is -0.117. The number of nitrogens with one attached hydrogen (secondary N) is 2. The summed E-state index contributed by atoms with van der Waals surface area (Å²) in [4.78, 5) is 12.2. The van der Waals surface area contributed by atoms with E-state index in [-0.39, 0.29) is 24.4 Å². The number of carbonyl (C=O) groups excluding carboxylic acids is 1. The Bertz CT molecular complexity index is 793. The zero-order valence-corrected chi connectivity index (χ0v) is 17.4. The fourth-order valence-electron chi connectivity index (χ4n) is 3.24. The van der Waals surface area contributed by atoms with Crippen molar-refractivity contribution in [1.82, 2.24) is 5.32 Å². The van der Waals surface area contributed by atoms with Gasteiger partial charge in [0.05, 0.1) is 12.1 Å². The van der Waals surface area contributed by atoms with E-state index in [0.29, 0.717) is 25.5 Å². The van der Waals surface area contributed by atoms with E-state index in [1.807, 2.05) is 24.3 Å². The molecule has 3 N–H and O–H groups in total. The molecule has 1 saturated heterocycles. The van der Waals surface area contributed by atoms with Crippen molar-refractivity contribution in [3.05, 3.63) is 59.2 Å². The number of anilines is 1. The molecule has 0 bridgehead atoms. The van der Waals surface area contributed by atoms with Gasteiger partial charge in [0.2, 0.25) is 5.91 Å². The number of aryl methyl sites for hydroxylation is 1. The molecule has 1 aliphatic rings. The number of hydrogen-bond acceptors (Lipinski definition) is 4. The number of ether oxygens (including phenoxy) is 1. The minimum atomic E-state index is -0.447. The highest BCUT2D eigenvalue weighted by Crippen LogP contribution is 2.28. The van der Waals surface area contributed by atoms with Gasteiger partial charge in [-0.05, 0) is 54.2 Å². The topological polar surface area (TPSA) is 70.6 Å². The van der Waals surface area contributed by atoms with Gasteiger partial charge in [-0.1, -0.05) is 38.1 Å². The summed E-state index contributed by atoms with van der Waals surface area (Å²) in [5, 5.41) is 15.4. The monoisotopic (exact) mass is 404 g/mol. The molecule has 0 aliphatic carbocycles. The van der Waals surface area contributed by atoms with E-state index in [4.69, 9.17) is 4.74 Å². The zero-order chi connectivity index (χ0) is 19.4. The lowest BCUT2D eigenvalue weighted by Gasteiger charge is -2.15. The van der Waals surface area contributed by atoms with Crippen LogP contribution in [0.4, 0.5) is 5.69 Å². The number of benzene rings is 2. The lowest BCUT2D eigenvalue weighted by Crippen LogP contribution is -2.35. The van der Waals surface area contributed by atoms with Crippen LogP contribution in [0.15, 0.2) is 42.5 Å². The third kappa shape index (κ3) is 5.71. The maximum atomic E-state index is 12.2. The number of hydrogen-bond donors (Lipinski definition) is 3. The van der Waals surface area contributed by atoms with Crippen LogP contribution >= 0.6 is 12.4 Å². The maximum Gasteiger partial charge on any atom is 0.241 e. The van der Waals surface area contributed by atoms with E-state index in [1.165, 1.54) is 11.1 Å². The van der Waals surface area contributed by atoms with Crippen LogP contribution in [0.3, 0.4) is 0 Å². The average molecular weight is 405 g/mol. The molecule has 2 aromatic carbocycles. The van der Waals surface area contributed by atoms with Gasteiger partial charge in [0.1, 0.15) is 12.4 Å². The van der Waals surface area contributed by atoms with Gasteiger partial charge in [-0.15, -0.1) is 12.4 Å². The van der Waals surface area contributed by atoms with Crippen molar-refractivity contribution in [2.45, 2.75) is 51.9 Å². The van der Waals surface area contributed by atoms with Crippen molar-refractivity contribution in [3.8, 4) is 5.75 Å². The van der Waals surface area contributed by atoms with Crippen molar-refractivity contribution in [1.29, 1.82) is 0 Å². The molecule has 2 aromatic rings. The van der Waals surface area contributed by atoms with E-state index in [1.54, 1.807) is 0 Å². The number of β-amino-alcohol motifs (C(OH)–C–C–N with tert-alkyl or cyclic N) is 1. The summed E-state index contributed by atoms with van der Waals surface area (Å²) in [7, 11) is 0. The van der Waals surface area contributed by atoms with Crippen LogP contribution in [0.1, 0.15) is 42.9 Å². The summed E-state index contributed by atoms with van der Waals surface area (Å²) in [6, 6.07) is 13.6. The molecule has 1 heterocycles. The number of aliphatic hydroxyl groups is 1. The molecule has 2 atom stereocenters. The van der Waals surface area contributed by atoms with Crippen LogP contribution in [0.25, 0.3) is 0 Å². The SMILES string of the molecule is Cc1ccc(C(C)C)c(OCc2ccc(NC(=O)C3CC(O)CN3)cc2)c1.Cl. The molecule has 5 nitrogen and oxygen atoms in total. The van der Waals surface area contributed by atoms with Gasteiger partial charge in [-0.25, -0.2) is 0 Å². The molecule has 3 rings (SSSR count). The van der Waals surface area contributed by atoms with E-state index in [9.17, 15) is 9.90 Å². The van der Waals surface area contributed by atoms with Crippen LogP contribution in [0.5, 0.6) is 5.75 Å². The molecule has 1 aliphatic heterocycles. The predicted molar refractivity (Wildman–Crippen MR) is 114 cm³/mol. The van der Waals surface area contributed by atoms with Crippen LogP contribution < -0.4 is 15.4 Å². The molecule has 1 amide bonds. The first-order valence-electron chi connectivity index (χ1n) is 9.47. The van der Waals surface area contributed by atoms with Crippen molar-refractivity contribution < 1.29 is 14.6 Å². The third-order valence-corrected chi connectivity index (χ3v) is 4.83. The van der Waals surface area contributed by atoms with Gasteiger partial charge >= 0.3 is 0 Å². The quantitative estimate of drug-likeness (QED) is 0.685.